The number of hydrogen-bond donors (Lipinski definition) is 2. The van der Waals surface area contributed by atoms with Crippen LogP contribution in [0.2, 0.25) is 0 Å². The fourth-order valence-electron chi connectivity index (χ4n) is 2.20. The molecule has 1 rings (SSSR count). The van der Waals surface area contributed by atoms with E-state index in [0.717, 1.165) is 6.54 Å². The van der Waals surface area contributed by atoms with Crippen LogP contribution in [0.25, 0.3) is 0 Å². The van der Waals surface area contributed by atoms with Crippen molar-refractivity contribution in [1.82, 2.24) is 5.32 Å². The van der Waals surface area contributed by atoms with Crippen LogP contribution in [-0.2, 0) is 0 Å². The molecule has 1 fully saturated rings. The summed E-state index contributed by atoms with van der Waals surface area (Å²) >= 11 is 0. The van der Waals surface area contributed by atoms with Gasteiger partial charge in [0, 0.05) is 12.6 Å². The summed E-state index contributed by atoms with van der Waals surface area (Å²) in [6.45, 7) is 7.31. The summed E-state index contributed by atoms with van der Waals surface area (Å²) in [5, 5.41) is 12.6. The average molecular weight is 199 g/mol. The average Bonchev–Trinajstić information content (AvgIpc) is 2.23. The molecule has 2 N–H and O–H groups in total. The summed E-state index contributed by atoms with van der Waals surface area (Å²) in [6, 6.07) is 0.631. The van der Waals surface area contributed by atoms with Gasteiger partial charge < -0.3 is 10.4 Å². The molecule has 1 saturated carbocycles. The lowest BCUT2D eigenvalue weighted by Crippen LogP contribution is -2.34. The third-order valence-corrected chi connectivity index (χ3v) is 3.28. The summed E-state index contributed by atoms with van der Waals surface area (Å²) < 4.78 is 0. The van der Waals surface area contributed by atoms with Crippen LogP contribution >= 0.6 is 0 Å². The SMILES string of the molecule is CC(O)CNC1CCCC(C)(C)CC1. The predicted octanol–water partition coefficient (Wildman–Crippen LogP) is 2.32. The zero-order chi connectivity index (χ0) is 10.6. The quantitative estimate of drug-likeness (QED) is 0.684. The van der Waals surface area contributed by atoms with Crippen molar-refractivity contribution in [3.05, 3.63) is 0 Å². The van der Waals surface area contributed by atoms with Gasteiger partial charge >= 0.3 is 0 Å². The standard InChI is InChI=1S/C12H25NO/c1-10(14)9-13-11-5-4-7-12(2,3)8-6-11/h10-11,13-14H,4-9H2,1-3H3. The molecule has 0 aromatic heterocycles. The molecule has 0 amide bonds. The van der Waals surface area contributed by atoms with E-state index in [1.165, 1.54) is 32.1 Å². The fourth-order valence-corrected chi connectivity index (χ4v) is 2.20. The third kappa shape index (κ3) is 4.43. The lowest BCUT2D eigenvalue weighted by molar-refractivity contribution is 0.184. The van der Waals surface area contributed by atoms with Crippen molar-refractivity contribution >= 4 is 0 Å². The van der Waals surface area contributed by atoms with E-state index in [0.29, 0.717) is 11.5 Å². The Morgan fingerprint density at radius 1 is 1.36 bits per heavy atom. The zero-order valence-electron chi connectivity index (χ0n) is 9.84. The van der Waals surface area contributed by atoms with Crippen molar-refractivity contribution in [3.8, 4) is 0 Å². The largest absolute Gasteiger partial charge is 0.392 e. The molecule has 2 unspecified atom stereocenters. The van der Waals surface area contributed by atoms with Gasteiger partial charge in [-0.25, -0.2) is 0 Å². The van der Waals surface area contributed by atoms with E-state index in [1.54, 1.807) is 0 Å². The molecule has 0 bridgehead atoms. The van der Waals surface area contributed by atoms with Gasteiger partial charge in [0.15, 0.2) is 0 Å². The highest BCUT2D eigenvalue weighted by atomic mass is 16.3. The lowest BCUT2D eigenvalue weighted by atomic mass is 9.85. The molecule has 0 radical (unpaired) electrons. The van der Waals surface area contributed by atoms with Gasteiger partial charge in [0.25, 0.3) is 0 Å². The maximum Gasteiger partial charge on any atom is 0.0636 e. The van der Waals surface area contributed by atoms with Crippen LogP contribution < -0.4 is 5.32 Å². The predicted molar refractivity (Wildman–Crippen MR) is 60.3 cm³/mol. The fraction of sp³-hybridized carbons (Fsp3) is 1.00. The van der Waals surface area contributed by atoms with Gasteiger partial charge in [-0.15, -0.1) is 0 Å². The number of rotatable bonds is 3. The Balaban J connectivity index is 2.28. The summed E-state index contributed by atoms with van der Waals surface area (Å²) in [6.07, 6.45) is 6.30. The van der Waals surface area contributed by atoms with Crippen molar-refractivity contribution in [1.29, 1.82) is 0 Å². The minimum Gasteiger partial charge on any atom is -0.392 e. The first-order valence-electron chi connectivity index (χ1n) is 5.91. The van der Waals surface area contributed by atoms with Gasteiger partial charge in [-0.05, 0) is 38.0 Å². The van der Waals surface area contributed by atoms with Gasteiger partial charge in [0.1, 0.15) is 0 Å². The Labute approximate surface area is 88.1 Å². The number of nitrogens with one attached hydrogen (secondary N) is 1. The van der Waals surface area contributed by atoms with Crippen LogP contribution in [0.15, 0.2) is 0 Å². The summed E-state index contributed by atoms with van der Waals surface area (Å²) in [5.74, 6) is 0. The molecule has 0 saturated heterocycles. The maximum atomic E-state index is 9.19. The van der Waals surface area contributed by atoms with Crippen molar-refractivity contribution in [3.63, 3.8) is 0 Å². The van der Waals surface area contributed by atoms with E-state index in [4.69, 9.17) is 0 Å². The van der Waals surface area contributed by atoms with Crippen molar-refractivity contribution in [2.75, 3.05) is 6.54 Å². The van der Waals surface area contributed by atoms with E-state index >= 15 is 0 Å². The molecule has 2 heteroatoms. The smallest absolute Gasteiger partial charge is 0.0636 e. The summed E-state index contributed by atoms with van der Waals surface area (Å²) in [5.41, 5.74) is 0.529. The van der Waals surface area contributed by atoms with Crippen LogP contribution in [-0.4, -0.2) is 23.8 Å². The first kappa shape index (κ1) is 12.0. The number of aliphatic hydroxyl groups is 1. The summed E-state index contributed by atoms with van der Waals surface area (Å²) in [7, 11) is 0. The van der Waals surface area contributed by atoms with Gasteiger partial charge in [-0.2, -0.15) is 0 Å². The van der Waals surface area contributed by atoms with Crippen LogP contribution in [0.3, 0.4) is 0 Å². The first-order chi connectivity index (χ1) is 6.49. The molecule has 1 aliphatic rings. The van der Waals surface area contributed by atoms with Gasteiger partial charge in [0.05, 0.1) is 6.10 Å². The maximum absolute atomic E-state index is 9.19. The topological polar surface area (TPSA) is 32.3 Å². The number of hydrogen-bond acceptors (Lipinski definition) is 2. The van der Waals surface area contributed by atoms with Gasteiger partial charge in [-0.3, -0.25) is 0 Å². The van der Waals surface area contributed by atoms with Crippen LogP contribution in [0, 0.1) is 5.41 Å². The molecule has 0 heterocycles. The van der Waals surface area contributed by atoms with Crippen LogP contribution in [0.4, 0.5) is 0 Å². The lowest BCUT2D eigenvalue weighted by Gasteiger charge is -2.22. The number of aliphatic hydroxyl groups excluding tert-OH is 1. The normalized spacial score (nSPS) is 29.6. The minimum absolute atomic E-state index is 0.216. The highest BCUT2D eigenvalue weighted by Crippen LogP contribution is 2.33. The monoisotopic (exact) mass is 199 g/mol. The third-order valence-electron chi connectivity index (χ3n) is 3.28. The second-order valence-electron chi connectivity index (χ2n) is 5.55. The van der Waals surface area contributed by atoms with Crippen LogP contribution in [0.5, 0.6) is 0 Å². The van der Waals surface area contributed by atoms with Crippen molar-refractivity contribution in [2.45, 2.75) is 65.0 Å². The highest BCUT2D eigenvalue weighted by Gasteiger charge is 2.23. The Kier molecular flexibility index (Phi) is 4.39. The molecule has 2 nitrogen and oxygen atoms in total. The molecule has 0 spiro atoms. The molecule has 0 aliphatic heterocycles. The second kappa shape index (κ2) is 5.13. The Morgan fingerprint density at radius 2 is 2.07 bits per heavy atom. The van der Waals surface area contributed by atoms with Crippen molar-refractivity contribution < 1.29 is 5.11 Å². The van der Waals surface area contributed by atoms with E-state index in [-0.39, 0.29) is 6.10 Å². The van der Waals surface area contributed by atoms with Crippen molar-refractivity contribution in [2.24, 2.45) is 5.41 Å². The van der Waals surface area contributed by atoms with E-state index < -0.39 is 0 Å². The van der Waals surface area contributed by atoms with E-state index in [1.807, 2.05) is 6.92 Å². The highest BCUT2D eigenvalue weighted by molar-refractivity contribution is 4.79. The molecule has 2 atom stereocenters. The van der Waals surface area contributed by atoms with Crippen LogP contribution in [0.1, 0.15) is 52.9 Å². The minimum atomic E-state index is -0.216. The van der Waals surface area contributed by atoms with Gasteiger partial charge in [0.2, 0.25) is 0 Å². The molecular weight excluding hydrogens is 174 g/mol. The zero-order valence-corrected chi connectivity index (χ0v) is 9.84. The van der Waals surface area contributed by atoms with E-state index in [9.17, 15) is 5.11 Å². The molecule has 1 aliphatic carbocycles. The Bertz CT molecular complexity index is 166. The molecule has 84 valence electrons. The Hall–Kier alpha value is -0.0800. The molecular formula is C12H25NO. The summed E-state index contributed by atoms with van der Waals surface area (Å²) in [4.78, 5) is 0. The molecule has 0 aromatic carbocycles. The second-order valence-corrected chi connectivity index (χ2v) is 5.55. The van der Waals surface area contributed by atoms with E-state index in [2.05, 4.69) is 19.2 Å². The van der Waals surface area contributed by atoms with Gasteiger partial charge in [-0.1, -0.05) is 20.3 Å². The molecule has 14 heavy (non-hydrogen) atoms. The molecule has 0 aromatic rings. The first-order valence-corrected chi connectivity index (χ1v) is 5.91. The Morgan fingerprint density at radius 3 is 2.71 bits per heavy atom.